The molecule has 0 N–H and O–H groups in total. The van der Waals surface area contributed by atoms with E-state index in [9.17, 15) is 0 Å². The number of hydrogen-bond donors (Lipinski definition) is 0. The van der Waals surface area contributed by atoms with Crippen LogP contribution in [0.25, 0.3) is 0 Å². The summed E-state index contributed by atoms with van der Waals surface area (Å²) >= 11 is 5.46. The zero-order chi connectivity index (χ0) is 15.2. The molecule has 0 heterocycles. The van der Waals surface area contributed by atoms with Gasteiger partial charge in [0, 0.05) is 9.37 Å². The molecule has 0 aromatic heterocycles. The molecule has 0 saturated carbocycles. The van der Waals surface area contributed by atoms with Gasteiger partial charge in [-0.25, -0.2) is 0 Å². The van der Waals surface area contributed by atoms with Crippen molar-refractivity contribution in [2.75, 3.05) is 5.75 Å². The van der Waals surface area contributed by atoms with Crippen molar-refractivity contribution in [3.63, 3.8) is 0 Å². The van der Waals surface area contributed by atoms with Crippen LogP contribution >= 0.6 is 27.7 Å². The van der Waals surface area contributed by atoms with E-state index in [2.05, 4.69) is 47.1 Å². The van der Waals surface area contributed by atoms with Gasteiger partial charge in [-0.05, 0) is 36.4 Å². The minimum atomic E-state index is 1.17. The third-order valence-electron chi connectivity index (χ3n) is 3.83. The van der Waals surface area contributed by atoms with Crippen LogP contribution in [0.2, 0.25) is 0 Å². The van der Waals surface area contributed by atoms with Crippen LogP contribution in [0.1, 0.15) is 77.6 Å². The molecule has 1 aromatic carbocycles. The van der Waals surface area contributed by atoms with Crippen LogP contribution < -0.4 is 0 Å². The molecule has 0 amide bonds. The van der Waals surface area contributed by atoms with E-state index in [1.54, 1.807) is 0 Å². The maximum atomic E-state index is 3.48. The van der Waals surface area contributed by atoms with E-state index in [1.165, 1.54) is 85.8 Å². The standard InChI is InChI=1S/C19H31BrS/c1-2-3-4-5-6-7-8-9-10-11-12-17-21-19-15-13-18(20)14-16-19/h13-16H,2-12,17H2,1H3. The monoisotopic (exact) mass is 370 g/mol. The normalized spacial score (nSPS) is 11.0. The molecule has 0 fully saturated rings. The van der Waals surface area contributed by atoms with Crippen molar-refractivity contribution in [2.24, 2.45) is 0 Å². The molecule has 0 spiro atoms. The van der Waals surface area contributed by atoms with E-state index in [1.807, 2.05) is 11.8 Å². The van der Waals surface area contributed by atoms with Crippen molar-refractivity contribution in [1.82, 2.24) is 0 Å². The summed E-state index contributed by atoms with van der Waals surface area (Å²) in [6.07, 6.45) is 15.7. The summed E-state index contributed by atoms with van der Waals surface area (Å²) in [5.74, 6) is 1.26. The summed E-state index contributed by atoms with van der Waals surface area (Å²) in [6.45, 7) is 2.29. The highest BCUT2D eigenvalue weighted by Gasteiger charge is 1.96. The van der Waals surface area contributed by atoms with Crippen molar-refractivity contribution in [3.05, 3.63) is 28.7 Å². The molecule has 120 valence electrons. The number of thioether (sulfide) groups is 1. The van der Waals surface area contributed by atoms with E-state index >= 15 is 0 Å². The highest BCUT2D eigenvalue weighted by Crippen LogP contribution is 2.22. The van der Waals surface area contributed by atoms with Gasteiger partial charge in [0.15, 0.2) is 0 Å². The first-order valence-electron chi connectivity index (χ1n) is 8.71. The maximum absolute atomic E-state index is 3.48. The fourth-order valence-corrected chi connectivity index (χ4v) is 3.66. The quantitative estimate of drug-likeness (QED) is 0.251. The molecule has 2 heteroatoms. The number of hydrogen-bond acceptors (Lipinski definition) is 1. The molecular weight excluding hydrogens is 340 g/mol. The van der Waals surface area contributed by atoms with Gasteiger partial charge in [-0.1, -0.05) is 87.1 Å². The molecular formula is C19H31BrS. The minimum Gasteiger partial charge on any atom is -0.126 e. The van der Waals surface area contributed by atoms with Crippen molar-refractivity contribution in [1.29, 1.82) is 0 Å². The fraction of sp³-hybridized carbons (Fsp3) is 0.684. The summed E-state index contributed by atoms with van der Waals surface area (Å²) in [6, 6.07) is 8.66. The summed E-state index contributed by atoms with van der Waals surface area (Å²) in [4.78, 5) is 1.39. The summed E-state index contributed by atoms with van der Waals surface area (Å²) in [7, 11) is 0. The van der Waals surface area contributed by atoms with Crippen LogP contribution in [0, 0.1) is 0 Å². The second-order valence-electron chi connectivity index (χ2n) is 5.84. The third-order valence-corrected chi connectivity index (χ3v) is 5.46. The van der Waals surface area contributed by atoms with Crippen molar-refractivity contribution in [3.8, 4) is 0 Å². The molecule has 0 bridgehead atoms. The summed E-state index contributed by atoms with van der Waals surface area (Å²) < 4.78 is 1.17. The number of rotatable bonds is 13. The number of unbranched alkanes of at least 4 members (excludes halogenated alkanes) is 10. The molecule has 0 atom stereocenters. The van der Waals surface area contributed by atoms with Gasteiger partial charge in [0.1, 0.15) is 0 Å². The Kier molecular flexibility index (Phi) is 12.5. The zero-order valence-electron chi connectivity index (χ0n) is 13.6. The van der Waals surface area contributed by atoms with Gasteiger partial charge in [-0.3, -0.25) is 0 Å². The van der Waals surface area contributed by atoms with Gasteiger partial charge in [-0.2, -0.15) is 0 Å². The maximum Gasteiger partial charge on any atom is 0.0176 e. The lowest BCUT2D eigenvalue weighted by Gasteiger charge is -2.03. The average molecular weight is 371 g/mol. The van der Waals surface area contributed by atoms with Gasteiger partial charge in [0.25, 0.3) is 0 Å². The largest absolute Gasteiger partial charge is 0.126 e. The topological polar surface area (TPSA) is 0 Å². The molecule has 0 aliphatic rings. The molecule has 0 nitrogen and oxygen atoms in total. The van der Waals surface area contributed by atoms with Crippen LogP contribution in [0.3, 0.4) is 0 Å². The van der Waals surface area contributed by atoms with Crippen molar-refractivity contribution in [2.45, 2.75) is 82.4 Å². The Morgan fingerprint density at radius 1 is 0.714 bits per heavy atom. The Bertz CT molecular complexity index is 334. The molecule has 0 saturated heterocycles. The lowest BCUT2D eigenvalue weighted by Crippen LogP contribution is -1.84. The molecule has 21 heavy (non-hydrogen) atoms. The second kappa shape index (κ2) is 13.7. The van der Waals surface area contributed by atoms with Gasteiger partial charge in [0.05, 0.1) is 0 Å². The van der Waals surface area contributed by atoms with Gasteiger partial charge in [-0.15, -0.1) is 11.8 Å². The van der Waals surface area contributed by atoms with Gasteiger partial charge < -0.3 is 0 Å². The molecule has 1 rings (SSSR count). The second-order valence-corrected chi connectivity index (χ2v) is 7.92. The highest BCUT2D eigenvalue weighted by atomic mass is 79.9. The Balaban J connectivity index is 1.81. The Hall–Kier alpha value is 0.0500. The fourth-order valence-electron chi connectivity index (χ4n) is 2.49. The van der Waals surface area contributed by atoms with E-state index in [4.69, 9.17) is 0 Å². The van der Waals surface area contributed by atoms with Crippen LogP contribution in [-0.4, -0.2) is 5.75 Å². The molecule has 0 unspecified atom stereocenters. The predicted octanol–water partition coefficient (Wildman–Crippen LogP) is 7.85. The van der Waals surface area contributed by atoms with E-state index in [0.29, 0.717) is 0 Å². The Labute approximate surface area is 144 Å². The third kappa shape index (κ3) is 11.3. The average Bonchev–Trinajstić information content (AvgIpc) is 2.50. The number of benzene rings is 1. The van der Waals surface area contributed by atoms with Gasteiger partial charge in [0.2, 0.25) is 0 Å². The van der Waals surface area contributed by atoms with Crippen molar-refractivity contribution < 1.29 is 0 Å². The van der Waals surface area contributed by atoms with Crippen LogP contribution in [0.15, 0.2) is 33.6 Å². The van der Waals surface area contributed by atoms with E-state index in [-0.39, 0.29) is 0 Å². The lowest BCUT2D eigenvalue weighted by molar-refractivity contribution is 0.555. The van der Waals surface area contributed by atoms with E-state index < -0.39 is 0 Å². The first kappa shape index (κ1) is 19.1. The molecule has 0 aliphatic heterocycles. The highest BCUT2D eigenvalue weighted by molar-refractivity contribution is 9.10. The summed E-state index contributed by atoms with van der Waals surface area (Å²) in [5, 5.41) is 0. The zero-order valence-corrected chi connectivity index (χ0v) is 16.0. The first-order chi connectivity index (χ1) is 10.3. The SMILES string of the molecule is CCCCCCCCCCCCCSc1ccc(Br)cc1. The first-order valence-corrected chi connectivity index (χ1v) is 10.5. The van der Waals surface area contributed by atoms with Crippen LogP contribution in [0.5, 0.6) is 0 Å². The van der Waals surface area contributed by atoms with E-state index in [0.717, 1.165) is 0 Å². The van der Waals surface area contributed by atoms with Gasteiger partial charge >= 0.3 is 0 Å². The van der Waals surface area contributed by atoms with Crippen LogP contribution in [-0.2, 0) is 0 Å². The summed E-state index contributed by atoms with van der Waals surface area (Å²) in [5.41, 5.74) is 0. The van der Waals surface area contributed by atoms with Crippen molar-refractivity contribution >= 4 is 27.7 Å². The Morgan fingerprint density at radius 2 is 1.19 bits per heavy atom. The smallest absolute Gasteiger partial charge is 0.0176 e. The molecule has 0 aliphatic carbocycles. The number of halogens is 1. The Morgan fingerprint density at radius 3 is 1.71 bits per heavy atom. The lowest BCUT2D eigenvalue weighted by atomic mass is 10.1. The molecule has 1 aromatic rings. The van der Waals surface area contributed by atoms with Crippen LogP contribution in [0.4, 0.5) is 0 Å². The minimum absolute atomic E-state index is 1.17. The predicted molar refractivity (Wildman–Crippen MR) is 101 cm³/mol. The molecule has 0 radical (unpaired) electrons.